The molecule has 3 nitrogen and oxygen atoms in total. The van der Waals surface area contributed by atoms with E-state index in [4.69, 9.17) is 10.5 Å². The highest BCUT2D eigenvalue weighted by Crippen LogP contribution is 2.54. The van der Waals surface area contributed by atoms with Gasteiger partial charge in [-0.1, -0.05) is 158 Å². The molecule has 11 rings (SSSR count). The molecule has 4 heteroatoms. The zero-order valence-corrected chi connectivity index (χ0v) is 34.0. The molecule has 2 aliphatic rings. The maximum absolute atomic E-state index is 6.77. The van der Waals surface area contributed by atoms with E-state index in [0.29, 0.717) is 22.6 Å². The summed E-state index contributed by atoms with van der Waals surface area (Å²) in [6.45, 7) is 2.08. The third-order valence-corrected chi connectivity index (χ3v) is 13.6. The molecule has 1 aliphatic carbocycles. The SMILES string of the molecule is CC(Oc1ccc2cc(-c3ccc(-c4ccc(N(c5ccccc5)c5cccc6c5C5C=CC=CC5S6)c5ccccc45)cc3)ccc2c1N)c1ccc2ccccc2c1. The number of thioether (sulfide) groups is 1. The Bertz CT molecular complexity index is 3150. The zero-order valence-electron chi connectivity index (χ0n) is 33.2. The molecule has 2 N–H and O–H groups in total. The van der Waals surface area contributed by atoms with E-state index in [1.807, 2.05) is 17.8 Å². The molecule has 1 heterocycles. The first-order valence-electron chi connectivity index (χ1n) is 20.7. The largest absolute Gasteiger partial charge is 0.484 e. The van der Waals surface area contributed by atoms with Gasteiger partial charge < -0.3 is 15.4 Å². The van der Waals surface area contributed by atoms with Crippen LogP contribution in [0.3, 0.4) is 0 Å². The highest BCUT2D eigenvalue weighted by atomic mass is 32.2. The molecule has 288 valence electrons. The van der Waals surface area contributed by atoms with E-state index in [1.54, 1.807) is 0 Å². The fraction of sp³-hybridized carbons (Fsp3) is 0.0714. The zero-order chi connectivity index (χ0) is 40.2. The van der Waals surface area contributed by atoms with Gasteiger partial charge in [0, 0.05) is 32.5 Å². The van der Waals surface area contributed by atoms with E-state index in [-0.39, 0.29) is 6.10 Å². The van der Waals surface area contributed by atoms with Crippen LogP contribution in [0, 0.1) is 0 Å². The Kier molecular flexibility index (Phi) is 9.01. The predicted molar refractivity (Wildman–Crippen MR) is 255 cm³/mol. The third-order valence-electron chi connectivity index (χ3n) is 12.2. The maximum Gasteiger partial charge on any atom is 0.143 e. The molecule has 60 heavy (non-hydrogen) atoms. The lowest BCUT2D eigenvalue weighted by molar-refractivity contribution is 0.229. The molecular formula is C56H42N2OS. The van der Waals surface area contributed by atoms with Crippen LogP contribution in [0.25, 0.3) is 54.6 Å². The van der Waals surface area contributed by atoms with E-state index in [2.05, 4.69) is 212 Å². The van der Waals surface area contributed by atoms with Crippen LogP contribution >= 0.6 is 11.8 Å². The average Bonchev–Trinajstić information content (AvgIpc) is 3.70. The summed E-state index contributed by atoms with van der Waals surface area (Å²) in [5, 5.41) is 7.34. The normalized spacial score (nSPS) is 15.9. The molecule has 0 fully saturated rings. The van der Waals surface area contributed by atoms with Gasteiger partial charge in [0.05, 0.1) is 17.1 Å². The Hall–Kier alpha value is -7.01. The summed E-state index contributed by atoms with van der Waals surface area (Å²) in [4.78, 5) is 3.83. The minimum atomic E-state index is -0.146. The highest BCUT2D eigenvalue weighted by molar-refractivity contribution is 8.00. The van der Waals surface area contributed by atoms with Gasteiger partial charge in [-0.15, -0.1) is 11.8 Å². The average molecular weight is 791 g/mol. The molecule has 0 saturated heterocycles. The number of fused-ring (bicyclic) bond motifs is 6. The first-order chi connectivity index (χ1) is 29.6. The molecule has 0 spiro atoms. The first kappa shape index (κ1) is 36.1. The minimum Gasteiger partial charge on any atom is -0.484 e. The number of allylic oxidation sites excluding steroid dienone is 3. The van der Waals surface area contributed by atoms with E-state index in [1.165, 1.54) is 54.5 Å². The number of benzene rings is 9. The van der Waals surface area contributed by atoms with Crippen LogP contribution in [0.15, 0.2) is 211 Å². The van der Waals surface area contributed by atoms with Crippen LogP contribution in [0.4, 0.5) is 22.7 Å². The van der Waals surface area contributed by atoms with Crippen molar-refractivity contribution in [1.82, 2.24) is 0 Å². The summed E-state index contributed by atoms with van der Waals surface area (Å²) in [5.41, 5.74) is 18.2. The summed E-state index contributed by atoms with van der Waals surface area (Å²) in [6.07, 6.45) is 8.96. The lowest BCUT2D eigenvalue weighted by Gasteiger charge is -2.30. The number of ether oxygens (including phenoxy) is 1. The van der Waals surface area contributed by atoms with Crippen LogP contribution in [0.1, 0.15) is 30.1 Å². The number of nitrogen functional groups attached to an aromatic ring is 1. The Labute approximate surface area is 355 Å². The van der Waals surface area contributed by atoms with Gasteiger partial charge in [0.25, 0.3) is 0 Å². The van der Waals surface area contributed by atoms with Crippen molar-refractivity contribution in [2.45, 2.75) is 29.1 Å². The molecule has 0 saturated carbocycles. The molecule has 0 bridgehead atoms. The number of para-hydroxylation sites is 1. The summed E-state index contributed by atoms with van der Waals surface area (Å²) in [5.74, 6) is 1.04. The second-order valence-electron chi connectivity index (χ2n) is 15.8. The monoisotopic (exact) mass is 790 g/mol. The van der Waals surface area contributed by atoms with Gasteiger partial charge in [-0.05, 0) is 110 Å². The van der Waals surface area contributed by atoms with E-state index in [9.17, 15) is 0 Å². The van der Waals surface area contributed by atoms with Gasteiger partial charge in [-0.25, -0.2) is 0 Å². The van der Waals surface area contributed by atoms with Crippen molar-refractivity contribution in [1.29, 1.82) is 0 Å². The van der Waals surface area contributed by atoms with E-state index < -0.39 is 0 Å². The van der Waals surface area contributed by atoms with Gasteiger partial charge in [0.1, 0.15) is 11.9 Å². The number of nitrogens with zero attached hydrogens (tertiary/aromatic N) is 1. The maximum atomic E-state index is 6.77. The van der Waals surface area contributed by atoms with Gasteiger partial charge >= 0.3 is 0 Å². The van der Waals surface area contributed by atoms with Crippen LogP contribution in [0.5, 0.6) is 5.75 Å². The number of nitrogens with two attached hydrogens (primary N) is 1. The van der Waals surface area contributed by atoms with Crippen LogP contribution < -0.4 is 15.4 Å². The van der Waals surface area contributed by atoms with E-state index in [0.717, 1.165) is 33.2 Å². The first-order valence-corrected chi connectivity index (χ1v) is 21.6. The number of hydrogen-bond donors (Lipinski definition) is 1. The molecule has 0 aromatic heterocycles. The van der Waals surface area contributed by atoms with Crippen molar-refractivity contribution < 1.29 is 4.74 Å². The summed E-state index contributed by atoms with van der Waals surface area (Å²) >= 11 is 1.97. The minimum absolute atomic E-state index is 0.146. The lowest BCUT2D eigenvalue weighted by atomic mass is 9.90. The number of rotatable bonds is 8. The van der Waals surface area contributed by atoms with Gasteiger partial charge in [0.2, 0.25) is 0 Å². The van der Waals surface area contributed by atoms with Crippen LogP contribution in [0.2, 0.25) is 0 Å². The topological polar surface area (TPSA) is 38.5 Å². The molecular weight excluding hydrogens is 749 g/mol. The predicted octanol–water partition coefficient (Wildman–Crippen LogP) is 15.4. The molecule has 3 unspecified atom stereocenters. The van der Waals surface area contributed by atoms with Crippen LogP contribution in [-0.4, -0.2) is 5.25 Å². The summed E-state index contributed by atoms with van der Waals surface area (Å²) in [7, 11) is 0. The van der Waals surface area contributed by atoms with Crippen molar-refractivity contribution in [3.8, 4) is 28.0 Å². The number of hydrogen-bond acceptors (Lipinski definition) is 4. The van der Waals surface area contributed by atoms with Gasteiger partial charge in [-0.2, -0.15) is 0 Å². The third kappa shape index (κ3) is 6.32. The Morgan fingerprint density at radius 3 is 2.15 bits per heavy atom. The Balaban J connectivity index is 0.905. The van der Waals surface area contributed by atoms with Crippen molar-refractivity contribution >= 4 is 66.8 Å². The lowest BCUT2D eigenvalue weighted by Crippen LogP contribution is -2.15. The fourth-order valence-electron chi connectivity index (χ4n) is 9.16. The Morgan fingerprint density at radius 1 is 0.550 bits per heavy atom. The van der Waals surface area contributed by atoms with Crippen molar-refractivity contribution in [2.24, 2.45) is 0 Å². The second kappa shape index (κ2) is 15.0. The fourth-order valence-corrected chi connectivity index (χ4v) is 10.5. The van der Waals surface area contributed by atoms with Crippen molar-refractivity contribution in [3.63, 3.8) is 0 Å². The Morgan fingerprint density at radius 2 is 1.28 bits per heavy atom. The molecule has 9 aromatic carbocycles. The molecule has 9 aromatic rings. The van der Waals surface area contributed by atoms with Crippen molar-refractivity contribution in [2.75, 3.05) is 10.6 Å². The second-order valence-corrected chi connectivity index (χ2v) is 17.0. The van der Waals surface area contributed by atoms with Crippen molar-refractivity contribution in [3.05, 3.63) is 217 Å². The summed E-state index contributed by atoms with van der Waals surface area (Å²) < 4.78 is 6.46. The van der Waals surface area contributed by atoms with E-state index >= 15 is 0 Å². The smallest absolute Gasteiger partial charge is 0.143 e. The quantitative estimate of drug-likeness (QED) is 0.156. The summed E-state index contributed by atoms with van der Waals surface area (Å²) in [6, 6.07) is 65.5. The molecule has 1 aliphatic heterocycles. The standard InChI is InChI=1S/C56H42N2OS/c1-36(40-27-24-37-12-5-6-13-41(37)34-40)59-52-33-29-43-35-42(28-30-46(43)56(52)57)38-22-25-39(26-23-38)45-31-32-50(48-17-8-7-16-47(45)48)58(44-14-3-2-4-15-44)51-19-11-21-54-55(51)49-18-9-10-20-53(49)60-54/h2-36,49,53H,57H2,1H3. The van der Waals surface area contributed by atoms with Crippen LogP contribution in [-0.2, 0) is 0 Å². The van der Waals surface area contributed by atoms with Gasteiger partial charge in [0.15, 0.2) is 0 Å². The number of anilines is 4. The molecule has 0 amide bonds. The molecule has 3 atom stereocenters. The van der Waals surface area contributed by atoms with Gasteiger partial charge in [-0.3, -0.25) is 0 Å². The molecule has 0 radical (unpaired) electrons. The highest BCUT2D eigenvalue weighted by Gasteiger charge is 2.35.